The molecule has 1 rings (SSSR count). The van der Waals surface area contributed by atoms with E-state index in [1.54, 1.807) is 0 Å². The smallest absolute Gasteiger partial charge is 0.120 e. The standard InChI is InChI=1S/C15H28N2O/c1-6-8-13(4)17(5)11-14-9-12(3)15(18-14)10-16-7-2/h9,13,16H,6-8,10-11H2,1-5H3. The molecule has 3 nitrogen and oxygen atoms in total. The van der Waals surface area contributed by atoms with Crippen LogP contribution in [-0.4, -0.2) is 24.5 Å². The number of furan rings is 1. The summed E-state index contributed by atoms with van der Waals surface area (Å²) in [5.74, 6) is 2.15. The Morgan fingerprint density at radius 1 is 1.39 bits per heavy atom. The van der Waals surface area contributed by atoms with E-state index in [1.807, 2.05) is 0 Å². The molecule has 1 atom stereocenters. The van der Waals surface area contributed by atoms with Crippen LogP contribution in [-0.2, 0) is 13.1 Å². The van der Waals surface area contributed by atoms with Crippen molar-refractivity contribution in [2.24, 2.45) is 0 Å². The fourth-order valence-electron chi connectivity index (χ4n) is 2.12. The van der Waals surface area contributed by atoms with Crippen molar-refractivity contribution >= 4 is 0 Å². The van der Waals surface area contributed by atoms with Crippen LogP contribution in [0, 0.1) is 6.92 Å². The first-order valence-corrected chi connectivity index (χ1v) is 7.07. The molecule has 0 saturated carbocycles. The fraction of sp³-hybridized carbons (Fsp3) is 0.733. The van der Waals surface area contributed by atoms with Crippen LogP contribution >= 0.6 is 0 Å². The lowest BCUT2D eigenvalue weighted by Gasteiger charge is -2.23. The third-order valence-electron chi connectivity index (χ3n) is 3.47. The van der Waals surface area contributed by atoms with Gasteiger partial charge < -0.3 is 9.73 Å². The average molecular weight is 252 g/mol. The lowest BCUT2D eigenvalue weighted by molar-refractivity contribution is 0.217. The van der Waals surface area contributed by atoms with E-state index in [0.717, 1.165) is 31.2 Å². The minimum absolute atomic E-state index is 0.609. The molecule has 0 spiro atoms. The van der Waals surface area contributed by atoms with E-state index in [1.165, 1.54) is 18.4 Å². The molecule has 0 aliphatic carbocycles. The van der Waals surface area contributed by atoms with E-state index in [4.69, 9.17) is 4.42 Å². The molecule has 104 valence electrons. The van der Waals surface area contributed by atoms with Crippen molar-refractivity contribution < 1.29 is 4.42 Å². The van der Waals surface area contributed by atoms with Crippen molar-refractivity contribution in [3.8, 4) is 0 Å². The quantitative estimate of drug-likeness (QED) is 0.769. The largest absolute Gasteiger partial charge is 0.463 e. The van der Waals surface area contributed by atoms with Gasteiger partial charge in [0.25, 0.3) is 0 Å². The van der Waals surface area contributed by atoms with E-state index in [2.05, 4.69) is 51.0 Å². The maximum absolute atomic E-state index is 5.91. The van der Waals surface area contributed by atoms with Gasteiger partial charge >= 0.3 is 0 Å². The molecule has 0 aliphatic rings. The van der Waals surface area contributed by atoms with Crippen LogP contribution in [0.5, 0.6) is 0 Å². The number of hydrogen-bond donors (Lipinski definition) is 1. The zero-order valence-corrected chi connectivity index (χ0v) is 12.5. The third-order valence-corrected chi connectivity index (χ3v) is 3.47. The van der Waals surface area contributed by atoms with Crippen LogP contribution < -0.4 is 5.32 Å². The van der Waals surface area contributed by atoms with Crippen LogP contribution in [0.2, 0.25) is 0 Å². The molecule has 1 aromatic rings. The second-order valence-corrected chi connectivity index (χ2v) is 5.15. The van der Waals surface area contributed by atoms with Gasteiger partial charge in [0.05, 0.1) is 13.1 Å². The zero-order chi connectivity index (χ0) is 13.5. The molecular weight excluding hydrogens is 224 g/mol. The average Bonchev–Trinajstić information content (AvgIpc) is 2.67. The van der Waals surface area contributed by atoms with Crippen LogP contribution in [0.15, 0.2) is 10.5 Å². The zero-order valence-electron chi connectivity index (χ0n) is 12.5. The van der Waals surface area contributed by atoms with E-state index >= 15 is 0 Å². The van der Waals surface area contributed by atoms with Gasteiger partial charge in [0, 0.05) is 6.04 Å². The first-order chi connectivity index (χ1) is 8.58. The Bertz CT molecular complexity index is 346. The lowest BCUT2D eigenvalue weighted by atomic mass is 10.1. The van der Waals surface area contributed by atoms with Gasteiger partial charge in [-0.2, -0.15) is 0 Å². The minimum atomic E-state index is 0.609. The van der Waals surface area contributed by atoms with Crippen molar-refractivity contribution in [2.45, 2.75) is 59.7 Å². The van der Waals surface area contributed by atoms with Gasteiger partial charge in [0.2, 0.25) is 0 Å². The van der Waals surface area contributed by atoms with Crippen molar-refractivity contribution in [1.29, 1.82) is 0 Å². The molecule has 0 fully saturated rings. The van der Waals surface area contributed by atoms with Gasteiger partial charge in [-0.3, -0.25) is 4.90 Å². The maximum atomic E-state index is 5.91. The first kappa shape index (κ1) is 15.3. The Labute approximate surface area is 112 Å². The summed E-state index contributed by atoms with van der Waals surface area (Å²) in [5.41, 5.74) is 1.25. The molecule has 1 unspecified atom stereocenters. The maximum Gasteiger partial charge on any atom is 0.120 e. The normalized spacial score (nSPS) is 13.2. The highest BCUT2D eigenvalue weighted by Crippen LogP contribution is 2.17. The van der Waals surface area contributed by atoms with Crippen molar-refractivity contribution in [3.05, 3.63) is 23.2 Å². The summed E-state index contributed by atoms with van der Waals surface area (Å²) < 4.78 is 5.91. The molecule has 0 bridgehead atoms. The molecule has 0 aromatic carbocycles. The Morgan fingerprint density at radius 3 is 2.72 bits per heavy atom. The Hall–Kier alpha value is -0.800. The second kappa shape index (κ2) is 7.59. The highest BCUT2D eigenvalue weighted by molar-refractivity contribution is 5.20. The summed E-state index contributed by atoms with van der Waals surface area (Å²) in [7, 11) is 2.17. The van der Waals surface area contributed by atoms with Crippen LogP contribution in [0.3, 0.4) is 0 Å². The molecule has 0 saturated heterocycles. The van der Waals surface area contributed by atoms with E-state index < -0.39 is 0 Å². The molecule has 1 N–H and O–H groups in total. The number of nitrogens with one attached hydrogen (secondary N) is 1. The molecular formula is C15H28N2O. The van der Waals surface area contributed by atoms with Gasteiger partial charge in [-0.15, -0.1) is 0 Å². The molecule has 18 heavy (non-hydrogen) atoms. The summed E-state index contributed by atoms with van der Waals surface area (Å²) in [6, 6.07) is 2.78. The van der Waals surface area contributed by atoms with Gasteiger partial charge in [0.15, 0.2) is 0 Å². The van der Waals surface area contributed by atoms with Crippen molar-refractivity contribution in [1.82, 2.24) is 10.2 Å². The number of aryl methyl sites for hydroxylation is 1. The van der Waals surface area contributed by atoms with Gasteiger partial charge in [-0.1, -0.05) is 20.3 Å². The Morgan fingerprint density at radius 2 is 2.11 bits per heavy atom. The second-order valence-electron chi connectivity index (χ2n) is 5.15. The molecule has 3 heteroatoms. The predicted octanol–water partition coefficient (Wildman–Crippen LogP) is 3.32. The number of rotatable bonds is 8. The van der Waals surface area contributed by atoms with Crippen LogP contribution in [0.4, 0.5) is 0 Å². The molecule has 0 amide bonds. The summed E-state index contributed by atoms with van der Waals surface area (Å²) in [5, 5.41) is 3.31. The fourth-order valence-corrected chi connectivity index (χ4v) is 2.12. The van der Waals surface area contributed by atoms with Gasteiger partial charge in [-0.25, -0.2) is 0 Å². The summed E-state index contributed by atoms with van der Waals surface area (Å²) in [4.78, 5) is 2.36. The van der Waals surface area contributed by atoms with E-state index in [-0.39, 0.29) is 0 Å². The van der Waals surface area contributed by atoms with Crippen LogP contribution in [0.25, 0.3) is 0 Å². The number of nitrogens with zero attached hydrogens (tertiary/aromatic N) is 1. The molecule has 0 radical (unpaired) electrons. The minimum Gasteiger partial charge on any atom is -0.463 e. The summed E-state index contributed by atoms with van der Waals surface area (Å²) in [6.45, 7) is 11.4. The highest BCUT2D eigenvalue weighted by atomic mass is 16.3. The molecule has 1 heterocycles. The van der Waals surface area contributed by atoms with Crippen molar-refractivity contribution in [2.75, 3.05) is 13.6 Å². The lowest BCUT2D eigenvalue weighted by Crippen LogP contribution is -2.28. The van der Waals surface area contributed by atoms with Crippen molar-refractivity contribution in [3.63, 3.8) is 0 Å². The van der Waals surface area contributed by atoms with Crippen LogP contribution in [0.1, 0.15) is 50.7 Å². The molecule has 0 aliphatic heterocycles. The number of hydrogen-bond acceptors (Lipinski definition) is 3. The van der Waals surface area contributed by atoms with E-state index in [0.29, 0.717) is 6.04 Å². The van der Waals surface area contributed by atoms with Gasteiger partial charge in [-0.05, 0) is 45.5 Å². The summed E-state index contributed by atoms with van der Waals surface area (Å²) >= 11 is 0. The topological polar surface area (TPSA) is 28.4 Å². The summed E-state index contributed by atoms with van der Waals surface area (Å²) in [6.07, 6.45) is 2.47. The Kier molecular flexibility index (Phi) is 6.44. The third kappa shape index (κ3) is 4.46. The highest BCUT2D eigenvalue weighted by Gasteiger charge is 2.12. The Balaban J connectivity index is 2.56. The van der Waals surface area contributed by atoms with E-state index in [9.17, 15) is 0 Å². The SMILES string of the molecule is CCCC(C)N(C)Cc1cc(C)c(CNCC)o1. The first-order valence-electron chi connectivity index (χ1n) is 7.07. The monoisotopic (exact) mass is 252 g/mol. The van der Waals surface area contributed by atoms with Gasteiger partial charge in [0.1, 0.15) is 11.5 Å². The molecule has 1 aromatic heterocycles. The predicted molar refractivity (Wildman–Crippen MR) is 76.7 cm³/mol.